The van der Waals surface area contributed by atoms with E-state index in [2.05, 4.69) is 19.7 Å². The van der Waals surface area contributed by atoms with Crippen LogP contribution in [-0.4, -0.2) is 19.3 Å². The summed E-state index contributed by atoms with van der Waals surface area (Å²) in [5, 5.41) is 3.74. The van der Waals surface area contributed by atoms with Gasteiger partial charge in [-0.15, -0.1) is 0 Å². The van der Waals surface area contributed by atoms with E-state index in [1.807, 2.05) is 19.1 Å². The van der Waals surface area contributed by atoms with Gasteiger partial charge < -0.3 is 11.1 Å². The molecule has 0 saturated carbocycles. The van der Waals surface area contributed by atoms with E-state index in [0.29, 0.717) is 16.6 Å². The maximum absolute atomic E-state index is 5.50. The number of pyridine rings is 1. The summed E-state index contributed by atoms with van der Waals surface area (Å²) in [5.41, 5.74) is 6.08. The second-order valence-electron chi connectivity index (χ2n) is 3.04. The predicted octanol–water partition coefficient (Wildman–Crippen LogP) is 1.62. The van der Waals surface area contributed by atoms with Crippen LogP contribution in [0.5, 0.6) is 0 Å². The summed E-state index contributed by atoms with van der Waals surface area (Å²) in [6.45, 7) is 1.83. The van der Waals surface area contributed by atoms with Gasteiger partial charge in [-0.25, -0.2) is 9.97 Å². The Kier molecular flexibility index (Phi) is 3.07. The molecule has 0 aromatic carbocycles. The van der Waals surface area contributed by atoms with Crippen LogP contribution in [0.3, 0.4) is 0 Å². The Morgan fingerprint density at radius 2 is 2.25 bits per heavy atom. The normalized spacial score (nSPS) is 10.1. The number of nitrogens with zero attached hydrogens (tertiary/aromatic N) is 3. The van der Waals surface area contributed by atoms with E-state index in [0.717, 1.165) is 5.82 Å². The van der Waals surface area contributed by atoms with Crippen LogP contribution in [0.15, 0.2) is 18.2 Å². The van der Waals surface area contributed by atoms with Crippen LogP contribution < -0.4 is 11.1 Å². The van der Waals surface area contributed by atoms with E-state index in [4.69, 9.17) is 18.0 Å². The van der Waals surface area contributed by atoms with Gasteiger partial charge in [-0.3, -0.25) is 0 Å². The van der Waals surface area contributed by atoms with Gasteiger partial charge in [0.2, 0.25) is 5.13 Å². The first-order valence-corrected chi connectivity index (χ1v) is 5.67. The average molecular weight is 251 g/mol. The molecule has 3 N–H and O–H groups in total. The number of aryl methyl sites for hydroxylation is 1. The number of rotatable bonds is 3. The van der Waals surface area contributed by atoms with Crippen molar-refractivity contribution >= 4 is 39.7 Å². The zero-order valence-electron chi connectivity index (χ0n) is 8.47. The van der Waals surface area contributed by atoms with Gasteiger partial charge in [-0.05, 0) is 19.1 Å². The van der Waals surface area contributed by atoms with Crippen LogP contribution >= 0.6 is 23.8 Å². The molecule has 0 saturated heterocycles. The molecule has 0 atom stereocenters. The highest BCUT2D eigenvalue weighted by Gasteiger charge is 2.03. The largest absolute Gasteiger partial charge is 0.388 e. The number of hydrogen-bond acceptors (Lipinski definition) is 6. The molecule has 2 aromatic heterocycles. The molecule has 0 fully saturated rings. The van der Waals surface area contributed by atoms with Gasteiger partial charge in [0.25, 0.3) is 0 Å². The lowest BCUT2D eigenvalue weighted by Gasteiger charge is -2.02. The minimum Gasteiger partial charge on any atom is -0.388 e. The van der Waals surface area contributed by atoms with Crippen molar-refractivity contribution in [3.63, 3.8) is 0 Å². The Morgan fingerprint density at radius 3 is 2.88 bits per heavy atom. The second kappa shape index (κ2) is 4.50. The molecule has 0 radical (unpaired) electrons. The van der Waals surface area contributed by atoms with Gasteiger partial charge >= 0.3 is 0 Å². The third kappa shape index (κ3) is 2.50. The van der Waals surface area contributed by atoms with E-state index in [-0.39, 0.29) is 4.99 Å². The molecule has 7 heteroatoms. The molecule has 0 aliphatic carbocycles. The van der Waals surface area contributed by atoms with Crippen molar-refractivity contribution in [2.45, 2.75) is 6.92 Å². The lowest BCUT2D eigenvalue weighted by Crippen LogP contribution is -2.12. The zero-order chi connectivity index (χ0) is 11.5. The lowest BCUT2D eigenvalue weighted by atomic mass is 10.3. The highest BCUT2D eigenvalue weighted by Crippen LogP contribution is 2.16. The van der Waals surface area contributed by atoms with Crippen molar-refractivity contribution in [2.24, 2.45) is 5.73 Å². The topological polar surface area (TPSA) is 76.7 Å². The number of thiocarbonyl (C=S) groups is 1. The fraction of sp³-hybridized carbons (Fsp3) is 0.111. The van der Waals surface area contributed by atoms with Crippen molar-refractivity contribution in [2.75, 3.05) is 5.32 Å². The molecular formula is C9H9N5S2. The first-order chi connectivity index (χ1) is 7.65. The van der Waals surface area contributed by atoms with Gasteiger partial charge in [-0.2, -0.15) is 4.37 Å². The monoisotopic (exact) mass is 251 g/mol. The van der Waals surface area contributed by atoms with E-state index < -0.39 is 0 Å². The van der Waals surface area contributed by atoms with E-state index in [1.165, 1.54) is 11.5 Å². The molecule has 0 spiro atoms. The highest BCUT2D eigenvalue weighted by molar-refractivity contribution is 7.80. The third-order valence-electron chi connectivity index (χ3n) is 1.76. The van der Waals surface area contributed by atoms with Crippen molar-refractivity contribution in [1.29, 1.82) is 0 Å². The molecule has 16 heavy (non-hydrogen) atoms. The fourth-order valence-electron chi connectivity index (χ4n) is 1.10. The summed E-state index contributed by atoms with van der Waals surface area (Å²) in [6, 6.07) is 5.41. The fourth-order valence-corrected chi connectivity index (χ4v) is 1.80. The minimum absolute atomic E-state index is 0.275. The van der Waals surface area contributed by atoms with Crippen LogP contribution in [0.4, 0.5) is 10.9 Å². The zero-order valence-corrected chi connectivity index (χ0v) is 10.1. The van der Waals surface area contributed by atoms with Crippen molar-refractivity contribution in [3.8, 4) is 0 Å². The molecule has 0 bridgehead atoms. The Hall–Kier alpha value is -1.60. The van der Waals surface area contributed by atoms with Crippen molar-refractivity contribution in [3.05, 3.63) is 29.7 Å². The summed E-state index contributed by atoms with van der Waals surface area (Å²) in [6.07, 6.45) is 0. The van der Waals surface area contributed by atoms with Crippen LogP contribution in [0.1, 0.15) is 11.5 Å². The molecule has 2 aromatic rings. The molecule has 0 aliphatic rings. The molecule has 0 unspecified atom stereocenters. The average Bonchev–Trinajstić information content (AvgIpc) is 2.64. The Balaban J connectivity index is 2.21. The van der Waals surface area contributed by atoms with Crippen LogP contribution in [0.25, 0.3) is 0 Å². The maximum Gasteiger partial charge on any atom is 0.208 e. The molecule has 82 valence electrons. The Bertz CT molecular complexity index is 522. The maximum atomic E-state index is 5.50. The molecule has 0 aliphatic heterocycles. The third-order valence-corrected chi connectivity index (χ3v) is 2.70. The Morgan fingerprint density at radius 1 is 1.44 bits per heavy atom. The second-order valence-corrected chi connectivity index (χ2v) is 4.24. The van der Waals surface area contributed by atoms with Crippen LogP contribution in [0, 0.1) is 6.92 Å². The van der Waals surface area contributed by atoms with Gasteiger partial charge in [0.15, 0.2) is 0 Å². The first kappa shape index (κ1) is 10.9. The molecule has 5 nitrogen and oxygen atoms in total. The van der Waals surface area contributed by atoms with Crippen LogP contribution in [0.2, 0.25) is 0 Å². The summed E-state index contributed by atoms with van der Waals surface area (Å²) in [5.74, 6) is 1.39. The molecule has 2 rings (SSSR count). The lowest BCUT2D eigenvalue weighted by molar-refractivity contribution is 1.16. The van der Waals surface area contributed by atoms with Gasteiger partial charge in [0, 0.05) is 11.5 Å². The van der Waals surface area contributed by atoms with Gasteiger partial charge in [-0.1, -0.05) is 18.3 Å². The predicted molar refractivity (Wildman–Crippen MR) is 68.1 cm³/mol. The van der Waals surface area contributed by atoms with Crippen LogP contribution in [-0.2, 0) is 0 Å². The molecule has 0 amide bonds. The summed E-state index contributed by atoms with van der Waals surface area (Å²) < 4.78 is 4.06. The molecule has 2 heterocycles. The number of hydrogen-bond donors (Lipinski definition) is 2. The minimum atomic E-state index is 0.275. The number of nitrogens with one attached hydrogen (secondary N) is 1. The smallest absolute Gasteiger partial charge is 0.208 e. The van der Waals surface area contributed by atoms with E-state index in [1.54, 1.807) is 6.07 Å². The number of aromatic nitrogens is 3. The standard InChI is InChI=1S/C9H9N5S2/c1-5-11-9(16-14-5)13-7-4-2-3-6(12-7)8(10)15/h2-4H,1H3,(H2,10,15)(H,11,12,13,14). The SMILES string of the molecule is Cc1nsc(Nc2cccc(C(N)=S)n2)n1. The van der Waals surface area contributed by atoms with Gasteiger partial charge in [0.05, 0.1) is 5.69 Å². The number of nitrogens with two attached hydrogens (primary N) is 1. The Labute approximate surface area is 102 Å². The van der Waals surface area contributed by atoms with Crippen molar-refractivity contribution in [1.82, 2.24) is 14.3 Å². The summed E-state index contributed by atoms with van der Waals surface area (Å²) >= 11 is 6.13. The summed E-state index contributed by atoms with van der Waals surface area (Å²) in [7, 11) is 0. The van der Waals surface area contributed by atoms with Gasteiger partial charge in [0.1, 0.15) is 16.6 Å². The number of anilines is 2. The quantitative estimate of drug-likeness (QED) is 0.807. The molecular weight excluding hydrogens is 242 g/mol. The summed E-state index contributed by atoms with van der Waals surface area (Å²) in [4.78, 5) is 8.69. The van der Waals surface area contributed by atoms with E-state index in [9.17, 15) is 0 Å². The highest BCUT2D eigenvalue weighted by atomic mass is 32.1. The van der Waals surface area contributed by atoms with Crippen molar-refractivity contribution < 1.29 is 0 Å². The first-order valence-electron chi connectivity index (χ1n) is 4.49. The van der Waals surface area contributed by atoms with E-state index >= 15 is 0 Å².